The lowest BCUT2D eigenvalue weighted by Gasteiger charge is -2.45. The van der Waals surface area contributed by atoms with Gasteiger partial charge in [0.2, 0.25) is 11.8 Å². The number of carbonyl (C=O) groups excluding carboxylic acids is 2. The van der Waals surface area contributed by atoms with E-state index in [1.54, 1.807) is 6.92 Å². The van der Waals surface area contributed by atoms with Gasteiger partial charge >= 0.3 is 0 Å². The molecular weight excluding hydrogens is 314 g/mol. The van der Waals surface area contributed by atoms with E-state index in [2.05, 4.69) is 28.9 Å². The van der Waals surface area contributed by atoms with Crippen LogP contribution in [0.15, 0.2) is 30.3 Å². The number of rotatable bonds is 3. The molecule has 5 nitrogen and oxygen atoms in total. The van der Waals surface area contributed by atoms with Crippen molar-refractivity contribution in [1.82, 2.24) is 9.80 Å². The highest BCUT2D eigenvalue weighted by atomic mass is 16.2. The lowest BCUT2D eigenvalue weighted by atomic mass is 9.83. The summed E-state index contributed by atoms with van der Waals surface area (Å²) in [4.78, 5) is 28.5. The third-order valence-corrected chi connectivity index (χ3v) is 6.02. The first-order valence-electron chi connectivity index (χ1n) is 9.30. The molecule has 2 amide bonds. The Balaban J connectivity index is 2.01. The van der Waals surface area contributed by atoms with Gasteiger partial charge in [0, 0.05) is 12.5 Å². The number of hydrogen-bond donors (Lipinski definition) is 1. The third-order valence-electron chi connectivity index (χ3n) is 6.02. The summed E-state index contributed by atoms with van der Waals surface area (Å²) < 4.78 is 0. The number of fused-ring (bicyclic) bond motifs is 1. The van der Waals surface area contributed by atoms with Gasteiger partial charge in [-0.2, -0.15) is 0 Å². The van der Waals surface area contributed by atoms with Crippen molar-refractivity contribution >= 4 is 11.8 Å². The van der Waals surface area contributed by atoms with Crippen molar-refractivity contribution in [3.05, 3.63) is 35.9 Å². The first kappa shape index (κ1) is 17.9. The van der Waals surface area contributed by atoms with E-state index in [1.807, 2.05) is 18.2 Å². The Morgan fingerprint density at radius 3 is 2.56 bits per heavy atom. The molecule has 2 aliphatic rings. The minimum atomic E-state index is -0.293. The van der Waals surface area contributed by atoms with E-state index in [0.717, 1.165) is 38.6 Å². The molecule has 0 aliphatic carbocycles. The van der Waals surface area contributed by atoms with Crippen molar-refractivity contribution in [3.63, 3.8) is 0 Å². The SMILES string of the molecule is CC(=O)N1[C@H]2CCCCCN(CC(N)=O)[C@@]2(C)C[C@H]1c1ccccc1. The molecule has 5 heteroatoms. The molecule has 2 N–H and O–H groups in total. The Hall–Kier alpha value is -1.88. The summed E-state index contributed by atoms with van der Waals surface area (Å²) in [6, 6.07) is 10.4. The molecule has 25 heavy (non-hydrogen) atoms. The second-order valence-corrected chi connectivity index (χ2v) is 7.67. The van der Waals surface area contributed by atoms with Crippen molar-refractivity contribution in [2.24, 2.45) is 5.73 Å². The molecule has 1 aromatic rings. The van der Waals surface area contributed by atoms with Crippen LogP contribution in [-0.2, 0) is 9.59 Å². The second-order valence-electron chi connectivity index (χ2n) is 7.67. The zero-order valence-electron chi connectivity index (χ0n) is 15.3. The molecule has 2 saturated heterocycles. The fourth-order valence-electron chi connectivity index (χ4n) is 4.85. The van der Waals surface area contributed by atoms with E-state index in [1.165, 1.54) is 5.56 Å². The highest BCUT2D eigenvalue weighted by Gasteiger charge is 2.53. The largest absolute Gasteiger partial charge is 0.369 e. The Bertz CT molecular complexity index is 633. The summed E-state index contributed by atoms with van der Waals surface area (Å²) in [6.45, 7) is 5.01. The summed E-state index contributed by atoms with van der Waals surface area (Å²) in [5.41, 5.74) is 6.48. The molecule has 2 heterocycles. The van der Waals surface area contributed by atoms with E-state index >= 15 is 0 Å². The van der Waals surface area contributed by atoms with Gasteiger partial charge in [-0.05, 0) is 38.3 Å². The molecule has 0 bridgehead atoms. The summed E-state index contributed by atoms with van der Waals surface area (Å²) in [7, 11) is 0. The van der Waals surface area contributed by atoms with Crippen molar-refractivity contribution < 1.29 is 9.59 Å². The number of hydrogen-bond acceptors (Lipinski definition) is 3. The van der Waals surface area contributed by atoms with E-state index in [4.69, 9.17) is 5.73 Å². The van der Waals surface area contributed by atoms with Gasteiger partial charge in [0.15, 0.2) is 0 Å². The molecule has 0 saturated carbocycles. The average Bonchev–Trinajstić information content (AvgIpc) is 2.86. The number of primary amides is 1. The average molecular weight is 343 g/mol. The Morgan fingerprint density at radius 2 is 1.92 bits per heavy atom. The van der Waals surface area contributed by atoms with Gasteiger partial charge in [-0.25, -0.2) is 0 Å². The Labute approximate surface area is 150 Å². The monoisotopic (exact) mass is 343 g/mol. The molecule has 0 radical (unpaired) electrons. The van der Waals surface area contributed by atoms with E-state index in [0.29, 0.717) is 0 Å². The maximum Gasteiger partial charge on any atom is 0.231 e. The minimum absolute atomic E-state index is 0.0576. The number of benzene rings is 1. The molecular formula is C20H29N3O2. The number of likely N-dealkylation sites (tertiary alicyclic amines) is 2. The van der Waals surface area contributed by atoms with Crippen molar-refractivity contribution in [2.45, 2.75) is 63.6 Å². The van der Waals surface area contributed by atoms with Crippen LogP contribution in [0, 0.1) is 0 Å². The minimum Gasteiger partial charge on any atom is -0.369 e. The van der Waals surface area contributed by atoms with Gasteiger partial charge in [-0.15, -0.1) is 0 Å². The summed E-state index contributed by atoms with van der Waals surface area (Å²) in [5.74, 6) is -0.180. The molecule has 0 spiro atoms. The quantitative estimate of drug-likeness (QED) is 0.917. The topological polar surface area (TPSA) is 66.6 Å². The second kappa shape index (κ2) is 7.16. The van der Waals surface area contributed by atoms with Gasteiger partial charge in [-0.3, -0.25) is 14.5 Å². The number of amides is 2. The van der Waals surface area contributed by atoms with Crippen LogP contribution >= 0.6 is 0 Å². The summed E-state index contributed by atoms with van der Waals surface area (Å²) in [5, 5.41) is 0. The van der Waals surface area contributed by atoms with Gasteiger partial charge in [-0.1, -0.05) is 43.2 Å². The Morgan fingerprint density at radius 1 is 1.20 bits per heavy atom. The predicted molar refractivity (Wildman–Crippen MR) is 97.7 cm³/mol. The maximum atomic E-state index is 12.6. The number of nitrogens with zero attached hydrogens (tertiary/aromatic N) is 2. The van der Waals surface area contributed by atoms with Crippen LogP contribution in [-0.4, -0.2) is 46.3 Å². The fourth-order valence-corrected chi connectivity index (χ4v) is 4.85. The summed E-state index contributed by atoms with van der Waals surface area (Å²) >= 11 is 0. The van der Waals surface area contributed by atoms with Crippen LogP contribution < -0.4 is 5.73 Å². The molecule has 0 unspecified atom stereocenters. The van der Waals surface area contributed by atoms with Gasteiger partial charge < -0.3 is 10.6 Å². The number of carbonyl (C=O) groups is 2. The first-order valence-corrected chi connectivity index (χ1v) is 9.30. The third kappa shape index (κ3) is 3.43. The van der Waals surface area contributed by atoms with Crippen LogP contribution in [0.3, 0.4) is 0 Å². The standard InChI is InChI=1S/C20H29N3O2/c1-15(24)23-17(16-9-5-3-6-10-16)13-20(2)18(23)11-7-4-8-12-22(20)14-19(21)25/h3,5-6,9-10,17-18H,4,7-8,11-14H2,1-2H3,(H2,21,25)/t17-,18-,20-/m0/s1. The highest BCUT2D eigenvalue weighted by Crippen LogP contribution is 2.48. The predicted octanol–water partition coefficient (Wildman–Crippen LogP) is 2.47. The molecule has 2 fully saturated rings. The van der Waals surface area contributed by atoms with Crippen LogP contribution in [0.1, 0.15) is 57.6 Å². The number of nitrogens with two attached hydrogens (primary N) is 1. The van der Waals surface area contributed by atoms with E-state index in [9.17, 15) is 9.59 Å². The lowest BCUT2D eigenvalue weighted by molar-refractivity contribution is -0.133. The van der Waals surface area contributed by atoms with Crippen LogP contribution in [0.25, 0.3) is 0 Å². The van der Waals surface area contributed by atoms with E-state index < -0.39 is 0 Å². The maximum absolute atomic E-state index is 12.6. The molecule has 2 aliphatic heterocycles. The molecule has 3 rings (SSSR count). The molecule has 1 aromatic carbocycles. The van der Waals surface area contributed by atoms with Crippen molar-refractivity contribution in [2.75, 3.05) is 13.1 Å². The van der Waals surface area contributed by atoms with Crippen molar-refractivity contribution in [1.29, 1.82) is 0 Å². The van der Waals surface area contributed by atoms with E-state index in [-0.39, 0.29) is 36.0 Å². The summed E-state index contributed by atoms with van der Waals surface area (Å²) in [6.07, 6.45) is 5.15. The van der Waals surface area contributed by atoms with Gasteiger partial charge in [0.25, 0.3) is 0 Å². The molecule has 136 valence electrons. The van der Waals surface area contributed by atoms with Crippen LogP contribution in [0.5, 0.6) is 0 Å². The molecule has 0 aromatic heterocycles. The van der Waals surface area contributed by atoms with Crippen LogP contribution in [0.4, 0.5) is 0 Å². The van der Waals surface area contributed by atoms with Crippen LogP contribution in [0.2, 0.25) is 0 Å². The fraction of sp³-hybridized carbons (Fsp3) is 0.600. The normalized spacial score (nSPS) is 30.4. The Kier molecular flexibility index (Phi) is 5.13. The van der Waals surface area contributed by atoms with Gasteiger partial charge in [0.05, 0.1) is 18.6 Å². The zero-order valence-corrected chi connectivity index (χ0v) is 15.3. The first-order chi connectivity index (χ1) is 11.9. The highest BCUT2D eigenvalue weighted by molar-refractivity contribution is 5.77. The smallest absolute Gasteiger partial charge is 0.231 e. The van der Waals surface area contributed by atoms with Crippen molar-refractivity contribution in [3.8, 4) is 0 Å². The molecule has 3 atom stereocenters. The lowest BCUT2D eigenvalue weighted by Crippen LogP contribution is -2.58. The zero-order chi connectivity index (χ0) is 18.0. The van der Waals surface area contributed by atoms with Gasteiger partial charge in [0.1, 0.15) is 0 Å².